The van der Waals surface area contributed by atoms with Gasteiger partial charge in [-0.05, 0) is 35.8 Å². The Morgan fingerprint density at radius 3 is 2.30 bits per heavy atom. The number of thioether (sulfide) groups is 1. The quantitative estimate of drug-likeness (QED) is 0.724. The number of carbonyl (C=O) groups is 1. The number of aliphatic hydroxyl groups is 1. The Kier molecular flexibility index (Phi) is 6.04. The highest BCUT2D eigenvalue weighted by molar-refractivity contribution is 7.98. The molecule has 0 radical (unpaired) electrons. The number of hydrogen-bond acceptors (Lipinski definition) is 3. The van der Waals surface area contributed by atoms with Crippen LogP contribution in [0.15, 0.2) is 23.1 Å². The van der Waals surface area contributed by atoms with Crippen molar-refractivity contribution in [1.29, 1.82) is 0 Å². The third-order valence-corrected chi connectivity index (χ3v) is 4.61. The maximum Gasteiger partial charge on any atom is 0.417 e. The largest absolute Gasteiger partial charge is 0.481 e. The summed E-state index contributed by atoms with van der Waals surface area (Å²) in [6.07, 6.45) is -5.46. The topological polar surface area (TPSA) is 57.5 Å². The standard InChI is InChI=1S/C15H18ClF3O3S/c1-13(2,10-5-4-9(16)6-11(10)23-3)8-14(22,7-12(20)21)15(17,18)19/h4-6,22H,7-8H2,1-3H3,(H,20,21). The van der Waals surface area contributed by atoms with Crippen molar-refractivity contribution in [3.63, 3.8) is 0 Å². The fraction of sp³-hybridized carbons (Fsp3) is 0.533. The highest BCUT2D eigenvalue weighted by Crippen LogP contribution is 2.45. The van der Waals surface area contributed by atoms with E-state index in [9.17, 15) is 23.1 Å². The number of benzene rings is 1. The lowest BCUT2D eigenvalue weighted by molar-refractivity contribution is -0.269. The fourth-order valence-corrected chi connectivity index (χ4v) is 3.61. The van der Waals surface area contributed by atoms with Gasteiger partial charge >= 0.3 is 12.1 Å². The normalized spacial score (nSPS) is 15.3. The van der Waals surface area contributed by atoms with Crippen LogP contribution < -0.4 is 0 Å². The molecule has 1 atom stereocenters. The zero-order chi connectivity index (χ0) is 18.1. The summed E-state index contributed by atoms with van der Waals surface area (Å²) >= 11 is 7.22. The summed E-state index contributed by atoms with van der Waals surface area (Å²) in [6.45, 7) is 3.07. The number of aliphatic carboxylic acids is 1. The van der Waals surface area contributed by atoms with E-state index in [0.29, 0.717) is 15.5 Å². The van der Waals surface area contributed by atoms with Gasteiger partial charge in [-0.2, -0.15) is 13.2 Å². The van der Waals surface area contributed by atoms with E-state index in [1.807, 2.05) is 0 Å². The molecule has 1 aromatic rings. The second kappa shape index (κ2) is 6.91. The Hall–Kier alpha value is -0.920. The molecule has 0 aromatic heterocycles. The molecule has 0 aliphatic heterocycles. The van der Waals surface area contributed by atoms with Crippen molar-refractivity contribution < 1.29 is 28.2 Å². The van der Waals surface area contributed by atoms with Gasteiger partial charge in [0.1, 0.15) is 0 Å². The van der Waals surface area contributed by atoms with Crippen LogP contribution in [-0.2, 0) is 10.2 Å². The monoisotopic (exact) mass is 370 g/mol. The van der Waals surface area contributed by atoms with Crippen LogP contribution >= 0.6 is 23.4 Å². The SMILES string of the molecule is CSc1cc(Cl)ccc1C(C)(C)CC(O)(CC(=O)O)C(F)(F)F. The molecule has 23 heavy (non-hydrogen) atoms. The van der Waals surface area contributed by atoms with E-state index in [4.69, 9.17) is 16.7 Å². The van der Waals surface area contributed by atoms with Crippen LogP contribution in [0.2, 0.25) is 5.02 Å². The molecule has 0 saturated heterocycles. The van der Waals surface area contributed by atoms with Crippen molar-refractivity contribution >= 4 is 29.3 Å². The fourth-order valence-electron chi connectivity index (χ4n) is 2.56. The third kappa shape index (κ3) is 4.78. The number of carboxylic acid groups (broad SMARTS) is 1. The van der Waals surface area contributed by atoms with Gasteiger partial charge in [0.05, 0.1) is 6.42 Å². The molecule has 8 heteroatoms. The van der Waals surface area contributed by atoms with E-state index < -0.39 is 36.0 Å². The minimum Gasteiger partial charge on any atom is -0.481 e. The van der Waals surface area contributed by atoms with Crippen molar-refractivity contribution in [2.45, 2.75) is 48.8 Å². The van der Waals surface area contributed by atoms with Crippen molar-refractivity contribution in [3.8, 4) is 0 Å². The summed E-state index contributed by atoms with van der Waals surface area (Å²) in [6, 6.07) is 4.79. The second-order valence-electron chi connectivity index (χ2n) is 6.01. The molecule has 1 aromatic carbocycles. The maximum absolute atomic E-state index is 13.2. The van der Waals surface area contributed by atoms with E-state index in [1.54, 1.807) is 24.5 Å². The second-order valence-corrected chi connectivity index (χ2v) is 7.29. The summed E-state index contributed by atoms with van der Waals surface area (Å²) in [5, 5.41) is 19.2. The zero-order valence-corrected chi connectivity index (χ0v) is 14.4. The van der Waals surface area contributed by atoms with Crippen LogP contribution in [0.1, 0.15) is 32.3 Å². The molecule has 0 saturated carbocycles. The predicted molar refractivity (Wildman–Crippen MR) is 84.1 cm³/mol. The van der Waals surface area contributed by atoms with E-state index in [-0.39, 0.29) is 0 Å². The Balaban J connectivity index is 3.29. The molecule has 0 bridgehead atoms. The molecule has 0 heterocycles. The van der Waals surface area contributed by atoms with Crippen LogP contribution in [0, 0.1) is 0 Å². The number of alkyl halides is 3. The molecular formula is C15H18ClF3O3S. The van der Waals surface area contributed by atoms with E-state index in [0.717, 1.165) is 0 Å². The lowest BCUT2D eigenvalue weighted by Gasteiger charge is -2.37. The Bertz CT molecular complexity index is 590. The molecule has 0 amide bonds. The van der Waals surface area contributed by atoms with Gasteiger partial charge in [0, 0.05) is 9.92 Å². The first kappa shape index (κ1) is 20.1. The summed E-state index contributed by atoms with van der Waals surface area (Å²) in [5.41, 5.74) is -3.84. The van der Waals surface area contributed by atoms with Gasteiger partial charge in [-0.1, -0.05) is 31.5 Å². The van der Waals surface area contributed by atoms with Crippen LogP contribution in [0.5, 0.6) is 0 Å². The number of rotatable bonds is 6. The summed E-state index contributed by atoms with van der Waals surface area (Å²) in [4.78, 5) is 11.5. The van der Waals surface area contributed by atoms with Gasteiger partial charge in [-0.15, -0.1) is 11.8 Å². The van der Waals surface area contributed by atoms with Crippen molar-refractivity contribution in [3.05, 3.63) is 28.8 Å². The molecule has 0 aliphatic rings. The number of carboxylic acids is 1. The van der Waals surface area contributed by atoms with E-state index in [2.05, 4.69) is 0 Å². The first-order valence-electron chi connectivity index (χ1n) is 6.67. The zero-order valence-electron chi connectivity index (χ0n) is 12.9. The van der Waals surface area contributed by atoms with Crippen LogP contribution in [-0.4, -0.2) is 34.2 Å². The first-order valence-corrected chi connectivity index (χ1v) is 8.27. The maximum atomic E-state index is 13.2. The molecule has 0 spiro atoms. The summed E-state index contributed by atoms with van der Waals surface area (Å²) in [5.74, 6) is -1.71. The van der Waals surface area contributed by atoms with Gasteiger partial charge in [0.2, 0.25) is 0 Å². The minimum absolute atomic E-state index is 0.450. The minimum atomic E-state index is -5.05. The van der Waals surface area contributed by atoms with Gasteiger partial charge in [0.25, 0.3) is 0 Å². The highest BCUT2D eigenvalue weighted by atomic mass is 35.5. The molecule has 1 unspecified atom stereocenters. The summed E-state index contributed by atoms with van der Waals surface area (Å²) in [7, 11) is 0. The van der Waals surface area contributed by atoms with Crippen LogP contribution in [0.4, 0.5) is 13.2 Å². The average Bonchev–Trinajstić information content (AvgIpc) is 2.34. The molecule has 130 valence electrons. The molecule has 0 aliphatic carbocycles. The van der Waals surface area contributed by atoms with E-state index in [1.165, 1.54) is 25.6 Å². The first-order chi connectivity index (χ1) is 10.3. The average molecular weight is 371 g/mol. The highest BCUT2D eigenvalue weighted by Gasteiger charge is 2.57. The smallest absolute Gasteiger partial charge is 0.417 e. The summed E-state index contributed by atoms with van der Waals surface area (Å²) < 4.78 is 39.7. The molecule has 2 N–H and O–H groups in total. The molecular weight excluding hydrogens is 353 g/mol. The van der Waals surface area contributed by atoms with Crippen molar-refractivity contribution in [1.82, 2.24) is 0 Å². The van der Waals surface area contributed by atoms with Crippen molar-refractivity contribution in [2.75, 3.05) is 6.26 Å². The van der Waals surface area contributed by atoms with Gasteiger partial charge < -0.3 is 10.2 Å². The lowest BCUT2D eigenvalue weighted by Crippen LogP contribution is -2.50. The van der Waals surface area contributed by atoms with Crippen LogP contribution in [0.25, 0.3) is 0 Å². The van der Waals surface area contributed by atoms with Crippen LogP contribution in [0.3, 0.4) is 0 Å². The molecule has 3 nitrogen and oxygen atoms in total. The van der Waals surface area contributed by atoms with E-state index >= 15 is 0 Å². The molecule has 1 rings (SSSR count). The Morgan fingerprint density at radius 1 is 1.30 bits per heavy atom. The van der Waals surface area contributed by atoms with Gasteiger partial charge in [-0.3, -0.25) is 4.79 Å². The molecule has 0 fully saturated rings. The third-order valence-electron chi connectivity index (χ3n) is 3.60. The Labute approximate surface area is 141 Å². The predicted octanol–water partition coefficient (Wildman–Crippen LogP) is 4.50. The van der Waals surface area contributed by atoms with Crippen molar-refractivity contribution in [2.24, 2.45) is 0 Å². The van der Waals surface area contributed by atoms with Gasteiger partial charge in [0.15, 0.2) is 5.60 Å². The van der Waals surface area contributed by atoms with Gasteiger partial charge in [-0.25, -0.2) is 0 Å². The lowest BCUT2D eigenvalue weighted by atomic mass is 9.74. The number of hydrogen-bond donors (Lipinski definition) is 2. The Morgan fingerprint density at radius 2 is 1.87 bits per heavy atom. The number of halogens is 4.